The number of carbonyl (C=O) groups excluding carboxylic acids is 1. The Morgan fingerprint density at radius 1 is 1.21 bits per heavy atom. The van der Waals surface area contributed by atoms with Crippen molar-refractivity contribution in [1.29, 1.82) is 0 Å². The van der Waals surface area contributed by atoms with E-state index in [2.05, 4.69) is 8.73 Å². The zero-order valence-electron chi connectivity index (χ0n) is 12.4. The van der Waals surface area contributed by atoms with E-state index >= 15 is 0 Å². The third-order valence-corrected chi connectivity index (χ3v) is 4.23. The molecule has 0 amide bonds. The highest BCUT2D eigenvalue weighted by Gasteiger charge is 2.25. The van der Waals surface area contributed by atoms with Crippen LogP contribution < -0.4 is 0 Å². The fourth-order valence-electron chi connectivity index (χ4n) is 2.00. The summed E-state index contributed by atoms with van der Waals surface area (Å²) < 4.78 is 51.5. The molecule has 1 aliphatic rings. The Bertz CT molecular complexity index is 791. The van der Waals surface area contributed by atoms with E-state index in [1.54, 1.807) is 11.6 Å². The lowest BCUT2D eigenvalue weighted by Crippen LogP contribution is -2.18. The van der Waals surface area contributed by atoms with Gasteiger partial charge in [0.05, 0.1) is 23.4 Å². The molecule has 0 aromatic heterocycles. The maximum Gasteiger partial charge on any atom is 0.424 e. The molecule has 1 aromatic carbocycles. The van der Waals surface area contributed by atoms with Crippen LogP contribution in [-0.2, 0) is 42.7 Å². The minimum Gasteiger partial charge on any atom is -0.330 e. The van der Waals surface area contributed by atoms with Crippen LogP contribution in [0.25, 0.3) is 0 Å². The van der Waals surface area contributed by atoms with Gasteiger partial charge in [-0.25, -0.2) is 9.37 Å². The number of hydrogen-bond donors (Lipinski definition) is 0. The fraction of sp³-hybridized carbons (Fsp3) is 0.333. The van der Waals surface area contributed by atoms with Gasteiger partial charge in [-0.15, -0.1) is 0 Å². The van der Waals surface area contributed by atoms with E-state index in [9.17, 15) is 17.4 Å². The Labute approximate surface area is 147 Å². The first-order chi connectivity index (χ1) is 11.5. The van der Waals surface area contributed by atoms with Gasteiger partial charge in [0.1, 0.15) is 13.6 Å². The molecule has 0 saturated carbocycles. The molecule has 24 heavy (non-hydrogen) atoms. The minimum absolute atomic E-state index is 0.0557. The van der Waals surface area contributed by atoms with E-state index < -0.39 is 17.3 Å². The topological polar surface area (TPSA) is 114 Å². The smallest absolute Gasteiger partial charge is 0.330 e. The van der Waals surface area contributed by atoms with Crippen molar-refractivity contribution < 1.29 is 30.4 Å². The van der Waals surface area contributed by atoms with Gasteiger partial charge in [-0.1, -0.05) is 0 Å². The van der Waals surface area contributed by atoms with Crippen LogP contribution in [0.4, 0.5) is 11.4 Å². The van der Waals surface area contributed by atoms with Crippen molar-refractivity contribution in [2.75, 3.05) is 13.6 Å². The van der Waals surface area contributed by atoms with Crippen LogP contribution in [0.5, 0.6) is 0 Å². The lowest BCUT2D eigenvalue weighted by Gasteiger charge is -2.04. The summed E-state index contributed by atoms with van der Waals surface area (Å²) in [4.78, 5) is 12.1. The predicted molar refractivity (Wildman–Crippen MR) is 86.8 cm³/mol. The molecule has 0 radical (unpaired) electrons. The lowest BCUT2D eigenvalue weighted by molar-refractivity contribution is -0.495. The quantitative estimate of drug-likeness (QED) is 0.701. The van der Waals surface area contributed by atoms with Gasteiger partial charge in [0.25, 0.3) is 0 Å². The third-order valence-electron chi connectivity index (χ3n) is 3.04. The Morgan fingerprint density at radius 2 is 1.83 bits per heavy atom. The molecule has 1 aliphatic heterocycles. The van der Waals surface area contributed by atoms with Crippen molar-refractivity contribution in [3.8, 4) is 0 Å². The SMILES string of the molecule is C[N+]1=C(OS(=O)OC(=O)c2cc(N=S=O)cc(N=S=O)c2)CCC1. The average Bonchev–Trinajstić information content (AvgIpc) is 2.92. The van der Waals surface area contributed by atoms with Gasteiger partial charge in [0, 0.05) is 6.42 Å². The summed E-state index contributed by atoms with van der Waals surface area (Å²) in [6.07, 6.45) is 1.48. The Morgan fingerprint density at radius 3 is 2.33 bits per heavy atom. The van der Waals surface area contributed by atoms with E-state index in [0.29, 0.717) is 12.3 Å². The summed E-state index contributed by atoms with van der Waals surface area (Å²) in [6.45, 7) is 0.772. The summed E-state index contributed by atoms with van der Waals surface area (Å²) in [7, 11) is 1.78. The Kier molecular flexibility index (Phi) is 6.63. The van der Waals surface area contributed by atoms with E-state index in [0.717, 1.165) is 13.0 Å². The highest BCUT2D eigenvalue weighted by molar-refractivity contribution is 7.76. The summed E-state index contributed by atoms with van der Waals surface area (Å²) in [5.41, 5.74) is 0.211. The van der Waals surface area contributed by atoms with Crippen LogP contribution in [0.3, 0.4) is 0 Å². The molecule has 1 heterocycles. The standard InChI is InChI=1S/C12H12N3O6S3/c1-15-4-2-3-11(15)20-24(19)21-12(16)8-5-9(13-22-17)7-10(6-8)14-23-18/h5-7H,2-4H2,1H3/q+1. The van der Waals surface area contributed by atoms with Crippen molar-refractivity contribution in [1.82, 2.24) is 0 Å². The van der Waals surface area contributed by atoms with Crippen molar-refractivity contribution in [2.45, 2.75) is 12.8 Å². The highest BCUT2D eigenvalue weighted by Crippen LogP contribution is 2.24. The monoisotopic (exact) mass is 390 g/mol. The van der Waals surface area contributed by atoms with Gasteiger partial charge in [-0.3, -0.25) is 0 Å². The molecule has 2 rings (SSSR count). The van der Waals surface area contributed by atoms with E-state index in [1.807, 2.05) is 0 Å². The van der Waals surface area contributed by atoms with Gasteiger partial charge in [0.15, 0.2) is 0 Å². The molecule has 9 nitrogen and oxygen atoms in total. The minimum atomic E-state index is -2.31. The van der Waals surface area contributed by atoms with Crippen LogP contribution >= 0.6 is 0 Å². The average molecular weight is 390 g/mol. The molecule has 1 aromatic rings. The van der Waals surface area contributed by atoms with Crippen LogP contribution in [0.1, 0.15) is 23.2 Å². The van der Waals surface area contributed by atoms with Crippen LogP contribution in [-0.4, -0.2) is 42.7 Å². The summed E-state index contributed by atoms with van der Waals surface area (Å²) in [5.74, 6) is -0.471. The second kappa shape index (κ2) is 8.70. The normalized spacial score (nSPS) is 14.7. The van der Waals surface area contributed by atoms with Gasteiger partial charge >= 0.3 is 23.2 Å². The van der Waals surface area contributed by atoms with Crippen molar-refractivity contribution >= 4 is 57.5 Å². The summed E-state index contributed by atoms with van der Waals surface area (Å²) >= 11 is -2.42. The largest absolute Gasteiger partial charge is 0.424 e. The molecule has 12 heteroatoms. The van der Waals surface area contributed by atoms with Crippen LogP contribution in [0.15, 0.2) is 26.9 Å². The van der Waals surface area contributed by atoms with Gasteiger partial charge < -0.3 is 8.37 Å². The van der Waals surface area contributed by atoms with Crippen molar-refractivity contribution in [3.05, 3.63) is 23.8 Å². The number of nitrogens with zero attached hydrogens (tertiary/aromatic N) is 3. The molecule has 128 valence electrons. The molecule has 0 saturated heterocycles. The number of hydrogen-bond acceptors (Lipinski definition) is 8. The zero-order chi connectivity index (χ0) is 17.5. The number of carbonyl (C=O) groups is 1. The van der Waals surface area contributed by atoms with E-state index in [4.69, 9.17) is 8.37 Å². The van der Waals surface area contributed by atoms with Gasteiger partial charge in [0.2, 0.25) is 22.9 Å². The first-order valence-corrected chi connectivity index (χ1v) is 8.98. The van der Waals surface area contributed by atoms with Gasteiger partial charge in [-0.05, 0) is 18.2 Å². The molecule has 1 atom stereocenters. The highest BCUT2D eigenvalue weighted by atomic mass is 32.2. The first-order valence-electron chi connectivity index (χ1n) is 6.58. The summed E-state index contributed by atoms with van der Waals surface area (Å²) in [5, 5.41) is 0. The molecular weight excluding hydrogens is 378 g/mol. The predicted octanol–water partition coefficient (Wildman–Crippen LogP) is 1.33. The molecule has 0 aliphatic carbocycles. The van der Waals surface area contributed by atoms with E-state index in [1.165, 1.54) is 18.2 Å². The molecule has 0 spiro atoms. The van der Waals surface area contributed by atoms with Crippen LogP contribution in [0.2, 0.25) is 0 Å². The third kappa shape index (κ3) is 4.97. The van der Waals surface area contributed by atoms with Crippen molar-refractivity contribution in [2.24, 2.45) is 8.73 Å². The van der Waals surface area contributed by atoms with Gasteiger partial charge in [-0.2, -0.15) is 21.4 Å². The lowest BCUT2D eigenvalue weighted by atomic mass is 10.2. The maximum atomic E-state index is 12.1. The number of rotatable bonds is 5. The second-order valence-corrected chi connectivity index (χ2v) is 6.05. The molecule has 0 N–H and O–H groups in total. The van der Waals surface area contributed by atoms with Crippen molar-refractivity contribution in [3.63, 3.8) is 0 Å². The Balaban J connectivity index is 2.16. The molecular formula is C12H12N3O6S3+. The molecule has 1 unspecified atom stereocenters. The first kappa shape index (κ1) is 18.3. The van der Waals surface area contributed by atoms with Crippen LogP contribution in [0, 0.1) is 0 Å². The zero-order valence-corrected chi connectivity index (χ0v) is 14.8. The second-order valence-electron chi connectivity index (χ2n) is 4.65. The summed E-state index contributed by atoms with van der Waals surface area (Å²) in [6, 6.07) is 3.87. The molecule has 0 bridgehead atoms. The Hall–Kier alpha value is -2.05. The molecule has 0 fully saturated rings. The number of benzene rings is 1. The fourth-order valence-corrected chi connectivity index (χ4v) is 3.00. The maximum absolute atomic E-state index is 12.1. The van der Waals surface area contributed by atoms with E-state index in [-0.39, 0.29) is 39.9 Å².